The van der Waals surface area contributed by atoms with Crippen LogP contribution in [0.2, 0.25) is 0 Å². The third kappa shape index (κ3) is 3.11. The fourth-order valence-corrected chi connectivity index (χ4v) is 3.12. The van der Waals surface area contributed by atoms with Crippen LogP contribution in [-0.4, -0.2) is 20.3 Å². The lowest BCUT2D eigenvalue weighted by molar-refractivity contribution is 0.102. The molecule has 0 atom stereocenters. The second-order valence-corrected chi connectivity index (χ2v) is 6.54. The first-order valence-electron chi connectivity index (χ1n) is 8.53. The number of benzene rings is 2. The van der Waals surface area contributed by atoms with Crippen molar-refractivity contribution in [2.75, 3.05) is 5.32 Å². The zero-order valence-electron chi connectivity index (χ0n) is 14.8. The summed E-state index contributed by atoms with van der Waals surface area (Å²) < 4.78 is 3.79. The number of anilines is 1. The monoisotopic (exact) mass is 344 g/mol. The van der Waals surface area contributed by atoms with Crippen molar-refractivity contribution >= 4 is 22.5 Å². The lowest BCUT2D eigenvalue weighted by atomic mass is 10.1. The van der Waals surface area contributed by atoms with Gasteiger partial charge in [-0.25, -0.2) is 0 Å². The van der Waals surface area contributed by atoms with E-state index in [4.69, 9.17) is 0 Å². The highest BCUT2D eigenvalue weighted by molar-refractivity contribution is 6.12. The summed E-state index contributed by atoms with van der Waals surface area (Å²) in [5, 5.41) is 8.23. The maximum absolute atomic E-state index is 12.7. The SMILES string of the molecule is Cc1ccc(Cn2cc(NC(=O)c3cn(C)c4ccccc34)cn2)cc1. The summed E-state index contributed by atoms with van der Waals surface area (Å²) in [6.45, 7) is 2.74. The summed E-state index contributed by atoms with van der Waals surface area (Å²) >= 11 is 0. The predicted octanol–water partition coefficient (Wildman–Crippen LogP) is 3.98. The molecule has 130 valence electrons. The number of nitrogens with one attached hydrogen (secondary N) is 1. The number of hydrogen-bond acceptors (Lipinski definition) is 2. The Kier molecular flexibility index (Phi) is 4.05. The summed E-state index contributed by atoms with van der Waals surface area (Å²) in [4.78, 5) is 12.7. The van der Waals surface area contributed by atoms with E-state index in [0.29, 0.717) is 17.8 Å². The van der Waals surface area contributed by atoms with E-state index in [-0.39, 0.29) is 5.91 Å². The van der Waals surface area contributed by atoms with Crippen molar-refractivity contribution in [3.05, 3.63) is 83.8 Å². The standard InChI is InChI=1S/C21H20N4O/c1-15-7-9-16(10-8-15)12-25-13-17(11-22-25)23-21(26)19-14-24(2)20-6-4-3-5-18(19)20/h3-11,13-14H,12H2,1-2H3,(H,23,26). The van der Waals surface area contributed by atoms with Crippen LogP contribution in [0.3, 0.4) is 0 Å². The third-order valence-electron chi connectivity index (χ3n) is 4.50. The van der Waals surface area contributed by atoms with Crippen LogP contribution in [0.4, 0.5) is 5.69 Å². The van der Waals surface area contributed by atoms with Crippen molar-refractivity contribution < 1.29 is 4.79 Å². The van der Waals surface area contributed by atoms with Crippen molar-refractivity contribution in [1.29, 1.82) is 0 Å². The molecule has 0 fully saturated rings. The molecule has 4 rings (SSSR count). The van der Waals surface area contributed by atoms with Gasteiger partial charge in [-0.2, -0.15) is 5.10 Å². The summed E-state index contributed by atoms with van der Waals surface area (Å²) in [6.07, 6.45) is 5.39. The minimum absolute atomic E-state index is 0.128. The molecule has 0 radical (unpaired) electrons. The van der Waals surface area contributed by atoms with E-state index >= 15 is 0 Å². The Morgan fingerprint density at radius 2 is 1.85 bits per heavy atom. The fraction of sp³-hybridized carbons (Fsp3) is 0.143. The van der Waals surface area contributed by atoms with Crippen LogP contribution in [0.25, 0.3) is 10.9 Å². The zero-order chi connectivity index (χ0) is 18.1. The van der Waals surface area contributed by atoms with E-state index in [1.165, 1.54) is 11.1 Å². The van der Waals surface area contributed by atoms with Crippen molar-refractivity contribution in [2.45, 2.75) is 13.5 Å². The van der Waals surface area contributed by atoms with Gasteiger partial charge in [0.1, 0.15) is 0 Å². The number of aryl methyl sites for hydroxylation is 2. The molecule has 2 heterocycles. The Morgan fingerprint density at radius 3 is 2.65 bits per heavy atom. The first-order chi connectivity index (χ1) is 12.6. The molecule has 0 aliphatic rings. The van der Waals surface area contributed by atoms with Gasteiger partial charge >= 0.3 is 0 Å². The molecule has 5 heteroatoms. The number of amides is 1. The average Bonchev–Trinajstić information content (AvgIpc) is 3.22. The van der Waals surface area contributed by atoms with Gasteiger partial charge in [0.2, 0.25) is 0 Å². The number of hydrogen-bond donors (Lipinski definition) is 1. The molecule has 5 nitrogen and oxygen atoms in total. The molecule has 0 spiro atoms. The van der Waals surface area contributed by atoms with Gasteiger partial charge in [-0.1, -0.05) is 48.0 Å². The highest BCUT2D eigenvalue weighted by Crippen LogP contribution is 2.21. The molecule has 0 saturated heterocycles. The van der Waals surface area contributed by atoms with Crippen molar-refractivity contribution in [3.8, 4) is 0 Å². The number of rotatable bonds is 4. The normalized spacial score (nSPS) is 11.0. The van der Waals surface area contributed by atoms with E-state index in [1.54, 1.807) is 6.20 Å². The van der Waals surface area contributed by atoms with Crippen molar-refractivity contribution in [3.63, 3.8) is 0 Å². The Morgan fingerprint density at radius 1 is 1.08 bits per heavy atom. The molecule has 1 amide bonds. The molecule has 0 bridgehead atoms. The molecule has 0 aliphatic heterocycles. The number of aromatic nitrogens is 3. The number of fused-ring (bicyclic) bond motifs is 1. The smallest absolute Gasteiger partial charge is 0.257 e. The van der Waals surface area contributed by atoms with Gasteiger partial charge in [0.25, 0.3) is 5.91 Å². The van der Waals surface area contributed by atoms with Crippen LogP contribution in [0.1, 0.15) is 21.5 Å². The highest BCUT2D eigenvalue weighted by Gasteiger charge is 2.14. The largest absolute Gasteiger partial charge is 0.350 e. The van der Waals surface area contributed by atoms with Crippen LogP contribution in [0.5, 0.6) is 0 Å². The summed E-state index contributed by atoms with van der Waals surface area (Å²) in [7, 11) is 1.94. The van der Waals surface area contributed by atoms with Gasteiger partial charge < -0.3 is 9.88 Å². The number of nitrogens with zero attached hydrogens (tertiary/aromatic N) is 3. The van der Waals surface area contributed by atoms with E-state index < -0.39 is 0 Å². The molecule has 0 saturated carbocycles. The minimum Gasteiger partial charge on any atom is -0.350 e. The first kappa shape index (κ1) is 16.1. The summed E-state index contributed by atoms with van der Waals surface area (Å²) in [5.74, 6) is -0.128. The van der Waals surface area contributed by atoms with Crippen molar-refractivity contribution in [1.82, 2.24) is 14.3 Å². The van der Waals surface area contributed by atoms with Gasteiger partial charge in [-0.15, -0.1) is 0 Å². The molecule has 1 N–H and O–H groups in total. The first-order valence-corrected chi connectivity index (χ1v) is 8.53. The topological polar surface area (TPSA) is 51.9 Å². The Balaban J connectivity index is 1.51. The molecule has 4 aromatic rings. The Hall–Kier alpha value is -3.34. The van der Waals surface area contributed by atoms with E-state index in [2.05, 4.69) is 41.6 Å². The van der Waals surface area contributed by atoms with Gasteiger partial charge in [-0.05, 0) is 18.6 Å². The number of para-hydroxylation sites is 1. The molecule has 26 heavy (non-hydrogen) atoms. The highest BCUT2D eigenvalue weighted by atomic mass is 16.1. The molecule has 2 aromatic carbocycles. The number of carbonyl (C=O) groups is 1. The lowest BCUT2D eigenvalue weighted by Crippen LogP contribution is -2.11. The number of carbonyl (C=O) groups excluding carboxylic acids is 1. The van der Waals surface area contributed by atoms with Gasteiger partial charge in [0.15, 0.2) is 0 Å². The lowest BCUT2D eigenvalue weighted by Gasteiger charge is -2.03. The maximum Gasteiger partial charge on any atom is 0.257 e. The van der Waals surface area contributed by atoms with Crippen LogP contribution in [0.15, 0.2) is 67.1 Å². The third-order valence-corrected chi connectivity index (χ3v) is 4.50. The quantitative estimate of drug-likeness (QED) is 0.609. The van der Waals surface area contributed by atoms with E-state index in [0.717, 1.165) is 10.9 Å². The van der Waals surface area contributed by atoms with E-state index in [9.17, 15) is 4.79 Å². The fourth-order valence-electron chi connectivity index (χ4n) is 3.12. The molecule has 2 aromatic heterocycles. The predicted molar refractivity (Wildman–Crippen MR) is 103 cm³/mol. The van der Waals surface area contributed by atoms with Gasteiger partial charge in [0, 0.05) is 30.3 Å². The second kappa shape index (κ2) is 6.52. The molecular formula is C21H20N4O. The Bertz CT molecular complexity index is 1070. The molecule has 0 aliphatic carbocycles. The van der Waals surface area contributed by atoms with E-state index in [1.807, 2.05) is 53.0 Å². The van der Waals surface area contributed by atoms with Crippen LogP contribution >= 0.6 is 0 Å². The van der Waals surface area contributed by atoms with Gasteiger partial charge in [-0.3, -0.25) is 9.48 Å². The van der Waals surface area contributed by atoms with Crippen molar-refractivity contribution in [2.24, 2.45) is 7.05 Å². The Labute approximate surface area is 151 Å². The maximum atomic E-state index is 12.7. The summed E-state index contributed by atoms with van der Waals surface area (Å²) in [6, 6.07) is 16.2. The summed E-state index contributed by atoms with van der Waals surface area (Å²) in [5.41, 5.74) is 4.79. The molecule has 0 unspecified atom stereocenters. The molecular weight excluding hydrogens is 324 g/mol. The van der Waals surface area contributed by atoms with Crippen LogP contribution < -0.4 is 5.32 Å². The average molecular weight is 344 g/mol. The second-order valence-electron chi connectivity index (χ2n) is 6.54. The zero-order valence-corrected chi connectivity index (χ0v) is 14.8. The minimum atomic E-state index is -0.128. The van der Waals surface area contributed by atoms with Crippen LogP contribution in [0, 0.1) is 6.92 Å². The van der Waals surface area contributed by atoms with Crippen LogP contribution in [-0.2, 0) is 13.6 Å². The van der Waals surface area contributed by atoms with Gasteiger partial charge in [0.05, 0.1) is 24.0 Å².